The molecule has 0 radical (unpaired) electrons. The Kier molecular flexibility index (Phi) is 4.63. The Bertz CT molecular complexity index is 1170. The predicted octanol–water partition coefficient (Wildman–Crippen LogP) is 3.34. The van der Waals surface area contributed by atoms with Crippen LogP contribution in [0.4, 0.5) is 10.1 Å². The van der Waals surface area contributed by atoms with E-state index in [0.29, 0.717) is 25.2 Å². The van der Waals surface area contributed by atoms with Crippen LogP contribution in [0.15, 0.2) is 59.6 Å². The Labute approximate surface area is 162 Å². The first kappa shape index (κ1) is 18.2. The van der Waals surface area contributed by atoms with Gasteiger partial charge in [0, 0.05) is 37.1 Å². The van der Waals surface area contributed by atoms with Gasteiger partial charge in [-0.05, 0) is 23.8 Å². The third kappa shape index (κ3) is 3.50. The normalized spacial score (nSPS) is 13.9. The molecule has 1 aliphatic rings. The van der Waals surface area contributed by atoms with Gasteiger partial charge in [0.05, 0.1) is 17.3 Å². The van der Waals surface area contributed by atoms with E-state index < -0.39 is 15.8 Å². The number of hydrogen-bond acceptors (Lipinski definition) is 4. The highest BCUT2D eigenvalue weighted by molar-refractivity contribution is 7.92. The highest BCUT2D eigenvalue weighted by Gasteiger charge is 2.30. The van der Waals surface area contributed by atoms with Crippen molar-refractivity contribution in [2.24, 2.45) is 0 Å². The zero-order valence-corrected chi connectivity index (χ0v) is 15.6. The van der Waals surface area contributed by atoms with Crippen molar-refractivity contribution in [3.8, 4) is 6.07 Å². The highest BCUT2D eigenvalue weighted by Crippen LogP contribution is 2.31. The fraction of sp³-hybridized carbons (Fsp3) is 0.150. The van der Waals surface area contributed by atoms with Gasteiger partial charge >= 0.3 is 0 Å². The van der Waals surface area contributed by atoms with E-state index in [4.69, 9.17) is 5.26 Å². The lowest BCUT2D eigenvalue weighted by molar-refractivity contribution is 0.272. The highest BCUT2D eigenvalue weighted by atomic mass is 32.2. The van der Waals surface area contributed by atoms with Crippen molar-refractivity contribution < 1.29 is 12.8 Å². The van der Waals surface area contributed by atoms with Gasteiger partial charge in [0.25, 0.3) is 10.0 Å². The van der Waals surface area contributed by atoms with Crippen molar-refractivity contribution in [3.05, 3.63) is 82.9 Å². The van der Waals surface area contributed by atoms with Gasteiger partial charge < -0.3 is 4.98 Å². The average molecular weight is 396 g/mol. The standard InChI is InChI=1S/C20H17FN4O2S/c21-17-8-15(9-22)6-7-18(17)24-28(26,27)20-10-23-19-13-25(12-16(19)20)11-14-4-2-1-3-5-14/h1-8,10,23-24H,11-13H2. The van der Waals surface area contributed by atoms with Gasteiger partial charge in [-0.15, -0.1) is 0 Å². The van der Waals surface area contributed by atoms with E-state index in [-0.39, 0.29) is 16.1 Å². The van der Waals surface area contributed by atoms with Crippen molar-refractivity contribution >= 4 is 15.7 Å². The summed E-state index contributed by atoms with van der Waals surface area (Å²) in [6.07, 6.45) is 1.44. The quantitative estimate of drug-likeness (QED) is 0.692. The van der Waals surface area contributed by atoms with Crippen LogP contribution in [-0.4, -0.2) is 18.3 Å². The summed E-state index contributed by atoms with van der Waals surface area (Å²) in [5.74, 6) is -0.791. The topological polar surface area (TPSA) is 89.0 Å². The summed E-state index contributed by atoms with van der Waals surface area (Å²) in [5.41, 5.74) is 2.62. The molecule has 4 rings (SSSR count). The van der Waals surface area contributed by atoms with Crippen LogP contribution in [0.1, 0.15) is 22.4 Å². The second kappa shape index (κ2) is 7.11. The van der Waals surface area contributed by atoms with Gasteiger partial charge in [-0.2, -0.15) is 5.26 Å². The minimum absolute atomic E-state index is 0.113. The van der Waals surface area contributed by atoms with Crippen LogP contribution in [0.25, 0.3) is 0 Å². The molecule has 28 heavy (non-hydrogen) atoms. The molecule has 0 aliphatic carbocycles. The number of halogens is 1. The molecule has 8 heteroatoms. The van der Waals surface area contributed by atoms with E-state index in [1.54, 1.807) is 0 Å². The van der Waals surface area contributed by atoms with Crippen molar-refractivity contribution in [1.82, 2.24) is 9.88 Å². The van der Waals surface area contributed by atoms with E-state index in [1.165, 1.54) is 18.3 Å². The Morgan fingerprint density at radius 1 is 1.18 bits per heavy atom. The number of aromatic amines is 1. The van der Waals surface area contributed by atoms with E-state index in [1.807, 2.05) is 36.4 Å². The molecule has 0 unspecified atom stereocenters. The number of aromatic nitrogens is 1. The van der Waals surface area contributed by atoms with E-state index in [9.17, 15) is 12.8 Å². The number of fused-ring (bicyclic) bond motifs is 1. The van der Waals surface area contributed by atoms with E-state index >= 15 is 0 Å². The molecule has 0 saturated carbocycles. The van der Waals surface area contributed by atoms with E-state index in [2.05, 4.69) is 14.6 Å². The molecule has 0 bridgehead atoms. The molecule has 0 atom stereocenters. The summed E-state index contributed by atoms with van der Waals surface area (Å²) in [7, 11) is -3.96. The zero-order chi connectivity index (χ0) is 19.7. The summed E-state index contributed by atoms with van der Waals surface area (Å²) >= 11 is 0. The summed E-state index contributed by atoms with van der Waals surface area (Å²) in [4.78, 5) is 5.28. The summed E-state index contributed by atoms with van der Waals surface area (Å²) in [6, 6.07) is 15.4. The third-order valence-corrected chi connectivity index (χ3v) is 6.12. The summed E-state index contributed by atoms with van der Waals surface area (Å²) in [6.45, 7) is 1.81. The number of nitrogens with zero attached hydrogens (tertiary/aromatic N) is 2. The molecule has 1 aromatic heterocycles. The minimum Gasteiger partial charge on any atom is -0.362 e. The van der Waals surface area contributed by atoms with Gasteiger partial charge in [0.2, 0.25) is 0 Å². The van der Waals surface area contributed by atoms with Gasteiger partial charge in [-0.25, -0.2) is 12.8 Å². The smallest absolute Gasteiger partial charge is 0.263 e. The number of hydrogen-bond donors (Lipinski definition) is 2. The molecule has 142 valence electrons. The molecule has 0 fully saturated rings. The Morgan fingerprint density at radius 3 is 2.68 bits per heavy atom. The number of nitrogens with one attached hydrogen (secondary N) is 2. The van der Waals surface area contributed by atoms with Crippen LogP contribution in [0.3, 0.4) is 0 Å². The number of nitriles is 1. The van der Waals surface area contributed by atoms with Crippen molar-refractivity contribution in [1.29, 1.82) is 5.26 Å². The van der Waals surface area contributed by atoms with Crippen LogP contribution in [0, 0.1) is 17.1 Å². The zero-order valence-electron chi connectivity index (χ0n) is 14.8. The van der Waals surface area contributed by atoms with Crippen LogP contribution in [-0.2, 0) is 29.7 Å². The second-order valence-corrected chi connectivity index (χ2v) is 8.30. The van der Waals surface area contributed by atoms with Gasteiger partial charge in [-0.1, -0.05) is 30.3 Å². The average Bonchev–Trinajstić information content (AvgIpc) is 3.24. The largest absolute Gasteiger partial charge is 0.362 e. The molecule has 2 heterocycles. The number of H-pyrrole nitrogens is 1. The molecule has 2 N–H and O–H groups in total. The van der Waals surface area contributed by atoms with E-state index in [0.717, 1.165) is 17.3 Å². The second-order valence-electron chi connectivity index (χ2n) is 6.65. The monoisotopic (exact) mass is 396 g/mol. The molecule has 3 aromatic rings. The van der Waals surface area contributed by atoms with Crippen LogP contribution in [0.5, 0.6) is 0 Å². The SMILES string of the molecule is N#Cc1ccc(NS(=O)(=O)c2c[nH]c3c2CN(Cc2ccccc2)C3)c(F)c1. The fourth-order valence-electron chi connectivity index (χ4n) is 3.35. The lowest BCUT2D eigenvalue weighted by Crippen LogP contribution is -2.18. The van der Waals surface area contributed by atoms with Crippen molar-refractivity contribution in [2.45, 2.75) is 24.5 Å². The van der Waals surface area contributed by atoms with Crippen molar-refractivity contribution in [2.75, 3.05) is 4.72 Å². The maximum absolute atomic E-state index is 14.1. The first-order valence-corrected chi connectivity index (χ1v) is 10.1. The first-order chi connectivity index (χ1) is 13.5. The fourth-order valence-corrected chi connectivity index (χ4v) is 4.64. The van der Waals surface area contributed by atoms with Gasteiger partial charge in [0.1, 0.15) is 10.7 Å². The molecule has 0 amide bonds. The molecular formula is C20H17FN4O2S. The number of rotatable bonds is 5. The van der Waals surface area contributed by atoms with Crippen LogP contribution >= 0.6 is 0 Å². The molecule has 1 aliphatic heterocycles. The molecule has 0 spiro atoms. The Balaban J connectivity index is 1.55. The predicted molar refractivity (Wildman–Crippen MR) is 102 cm³/mol. The first-order valence-electron chi connectivity index (χ1n) is 8.64. The third-order valence-electron chi connectivity index (χ3n) is 4.68. The van der Waals surface area contributed by atoms with Crippen LogP contribution < -0.4 is 4.72 Å². The molecular weight excluding hydrogens is 379 g/mol. The molecule has 6 nitrogen and oxygen atoms in total. The maximum atomic E-state index is 14.1. The minimum atomic E-state index is -3.96. The van der Waals surface area contributed by atoms with Gasteiger partial charge in [-0.3, -0.25) is 9.62 Å². The maximum Gasteiger partial charge on any atom is 0.263 e. The molecule has 2 aromatic carbocycles. The Morgan fingerprint density at radius 2 is 1.96 bits per heavy atom. The lowest BCUT2D eigenvalue weighted by Gasteiger charge is -2.15. The Hall–Kier alpha value is -3.15. The van der Waals surface area contributed by atoms with Crippen molar-refractivity contribution in [3.63, 3.8) is 0 Å². The number of anilines is 1. The van der Waals surface area contributed by atoms with Crippen LogP contribution in [0.2, 0.25) is 0 Å². The van der Waals surface area contributed by atoms with Gasteiger partial charge in [0.15, 0.2) is 0 Å². The summed E-state index contributed by atoms with van der Waals surface area (Å²) < 4.78 is 42.0. The number of benzene rings is 2. The summed E-state index contributed by atoms with van der Waals surface area (Å²) in [5, 5.41) is 8.81. The lowest BCUT2D eigenvalue weighted by atomic mass is 10.2. The molecule has 0 saturated heterocycles. The number of sulfonamides is 1.